The molecule has 2 amide bonds. The highest BCUT2D eigenvalue weighted by Gasteiger charge is 2.37. The molecule has 192 valence electrons. The second-order valence-corrected chi connectivity index (χ2v) is 9.84. The van der Waals surface area contributed by atoms with Crippen LogP contribution in [-0.2, 0) is 13.1 Å². The molecule has 0 saturated carbocycles. The second kappa shape index (κ2) is 10.5. The minimum Gasteiger partial charge on any atom is -0.497 e. The van der Waals surface area contributed by atoms with Crippen molar-refractivity contribution >= 4 is 57.9 Å². The van der Waals surface area contributed by atoms with E-state index in [-0.39, 0.29) is 34.5 Å². The van der Waals surface area contributed by atoms with Crippen molar-refractivity contribution in [3.8, 4) is 16.9 Å². The molecule has 0 spiro atoms. The van der Waals surface area contributed by atoms with Crippen LogP contribution in [0.5, 0.6) is 5.75 Å². The molecule has 0 unspecified atom stereocenters. The molecular weight excluding hydrogens is 549 g/mol. The third-order valence-electron chi connectivity index (χ3n) is 6.33. The molecular formula is C28H20Cl3N3O4. The molecule has 0 N–H and O–H groups in total. The summed E-state index contributed by atoms with van der Waals surface area (Å²) in [5.41, 5.74) is 3.07. The Hall–Kier alpha value is -3.78. The van der Waals surface area contributed by atoms with Crippen molar-refractivity contribution in [1.82, 2.24) is 4.90 Å². The molecule has 0 bridgehead atoms. The highest BCUT2D eigenvalue weighted by molar-refractivity contribution is 6.40. The second-order valence-electron chi connectivity index (χ2n) is 8.62. The lowest BCUT2D eigenvalue weighted by atomic mass is 9.94. The zero-order chi connectivity index (χ0) is 27.0. The van der Waals surface area contributed by atoms with E-state index in [1.807, 2.05) is 24.3 Å². The van der Waals surface area contributed by atoms with Crippen LogP contribution < -0.4 is 9.64 Å². The largest absolute Gasteiger partial charge is 0.497 e. The van der Waals surface area contributed by atoms with E-state index in [0.29, 0.717) is 33.1 Å². The number of amides is 2. The van der Waals surface area contributed by atoms with Crippen LogP contribution in [0.2, 0.25) is 15.1 Å². The zero-order valence-electron chi connectivity index (χ0n) is 20.0. The molecule has 1 aliphatic rings. The van der Waals surface area contributed by atoms with E-state index < -0.39 is 11.0 Å². The molecule has 4 aromatic rings. The molecule has 0 atom stereocenters. The minimum absolute atomic E-state index is 0.178. The minimum atomic E-state index is -0.499. The van der Waals surface area contributed by atoms with Gasteiger partial charge in [-0.25, -0.2) is 4.79 Å². The molecule has 10 heteroatoms. The Kier molecular flexibility index (Phi) is 7.17. The number of nitrogens with zero attached hydrogens (tertiary/aromatic N) is 3. The fraction of sp³-hybridized carbons (Fsp3) is 0.107. The summed E-state index contributed by atoms with van der Waals surface area (Å²) in [4.78, 5) is 28.5. The van der Waals surface area contributed by atoms with Crippen LogP contribution in [0.25, 0.3) is 11.1 Å². The summed E-state index contributed by atoms with van der Waals surface area (Å²) < 4.78 is 5.25. The smallest absolute Gasteiger partial charge is 0.329 e. The summed E-state index contributed by atoms with van der Waals surface area (Å²) in [6.45, 7) is 0.442. The Balaban J connectivity index is 1.74. The first-order valence-electron chi connectivity index (χ1n) is 11.5. The maximum Gasteiger partial charge on any atom is 0.329 e. The monoisotopic (exact) mass is 567 g/mol. The van der Waals surface area contributed by atoms with Gasteiger partial charge in [-0.15, -0.1) is 0 Å². The number of benzene rings is 4. The van der Waals surface area contributed by atoms with Gasteiger partial charge in [0.05, 0.1) is 40.0 Å². The van der Waals surface area contributed by atoms with Crippen LogP contribution in [0.15, 0.2) is 78.9 Å². The number of hydrogen-bond acceptors (Lipinski definition) is 4. The summed E-state index contributed by atoms with van der Waals surface area (Å²) in [5, 5.41) is 12.9. The average molecular weight is 569 g/mol. The highest BCUT2D eigenvalue weighted by Crippen LogP contribution is 2.47. The number of carbonyl (C=O) groups is 1. The Bertz CT molecular complexity index is 1540. The number of para-hydroxylation sites is 1. The maximum absolute atomic E-state index is 14.0. The van der Waals surface area contributed by atoms with Gasteiger partial charge in [-0.1, -0.05) is 71.2 Å². The predicted molar refractivity (Wildman–Crippen MR) is 150 cm³/mol. The first kappa shape index (κ1) is 25.9. The van der Waals surface area contributed by atoms with Crippen LogP contribution in [-0.4, -0.2) is 23.0 Å². The summed E-state index contributed by atoms with van der Waals surface area (Å²) in [5.74, 6) is 0.696. The fourth-order valence-electron chi connectivity index (χ4n) is 4.53. The number of nitro groups is 1. The van der Waals surface area contributed by atoms with Gasteiger partial charge in [-0.05, 0) is 41.5 Å². The van der Waals surface area contributed by atoms with Crippen molar-refractivity contribution in [2.24, 2.45) is 0 Å². The van der Waals surface area contributed by atoms with Gasteiger partial charge in [-0.3, -0.25) is 15.0 Å². The molecule has 1 heterocycles. The van der Waals surface area contributed by atoms with Crippen molar-refractivity contribution in [3.63, 3.8) is 0 Å². The molecule has 7 nitrogen and oxygen atoms in total. The van der Waals surface area contributed by atoms with Crippen LogP contribution in [0, 0.1) is 10.1 Å². The van der Waals surface area contributed by atoms with Gasteiger partial charge in [0.2, 0.25) is 0 Å². The molecule has 4 aromatic carbocycles. The topological polar surface area (TPSA) is 75.9 Å². The van der Waals surface area contributed by atoms with Crippen molar-refractivity contribution < 1.29 is 14.5 Å². The molecule has 1 aliphatic heterocycles. The Morgan fingerprint density at radius 2 is 1.55 bits per heavy atom. The molecule has 38 heavy (non-hydrogen) atoms. The van der Waals surface area contributed by atoms with Gasteiger partial charge in [0, 0.05) is 34.8 Å². The highest BCUT2D eigenvalue weighted by atomic mass is 35.5. The van der Waals surface area contributed by atoms with Gasteiger partial charge in [0.15, 0.2) is 0 Å². The van der Waals surface area contributed by atoms with E-state index in [1.165, 1.54) is 17.0 Å². The number of ether oxygens (including phenoxy) is 1. The first-order chi connectivity index (χ1) is 18.3. The molecule has 0 radical (unpaired) electrons. The number of urea groups is 1. The molecule has 0 aliphatic carbocycles. The third kappa shape index (κ3) is 4.76. The van der Waals surface area contributed by atoms with E-state index in [4.69, 9.17) is 39.5 Å². The van der Waals surface area contributed by atoms with E-state index in [1.54, 1.807) is 54.5 Å². The van der Waals surface area contributed by atoms with Crippen LogP contribution >= 0.6 is 34.8 Å². The number of non-ortho nitro benzene ring substituents is 1. The number of halogens is 3. The van der Waals surface area contributed by atoms with Crippen molar-refractivity contribution in [2.45, 2.75) is 13.1 Å². The Labute approximate surface area is 233 Å². The van der Waals surface area contributed by atoms with Gasteiger partial charge in [0.25, 0.3) is 5.69 Å². The maximum atomic E-state index is 14.0. The number of anilines is 2. The quantitative estimate of drug-likeness (QED) is 0.173. The van der Waals surface area contributed by atoms with Gasteiger partial charge in [0.1, 0.15) is 5.75 Å². The fourth-order valence-corrected chi connectivity index (χ4v) is 5.33. The van der Waals surface area contributed by atoms with Crippen molar-refractivity contribution in [1.29, 1.82) is 0 Å². The van der Waals surface area contributed by atoms with E-state index in [0.717, 1.165) is 5.56 Å². The third-order valence-corrected chi connectivity index (χ3v) is 7.27. The standard InChI is InChI=1S/C28H20Cl3N3O4/c1-38-19-11-9-17(10-12-19)15-32-16-22-21(20-5-2-3-6-23(20)29)13-18(34(36)37)14-26(22)33(28(32)35)27-24(30)7-4-8-25(27)31/h2-14H,15-16H2,1H3. The van der Waals surface area contributed by atoms with Gasteiger partial charge in [-0.2, -0.15) is 0 Å². The predicted octanol–water partition coefficient (Wildman–Crippen LogP) is 8.50. The normalized spacial score (nSPS) is 12.9. The average Bonchev–Trinajstić information content (AvgIpc) is 2.90. The SMILES string of the molecule is COc1ccc(CN2Cc3c(-c4ccccc4Cl)cc([N+](=O)[O-])cc3N(c3c(Cl)cccc3Cl)C2=O)cc1. The van der Waals surface area contributed by atoms with Crippen molar-refractivity contribution in [2.75, 3.05) is 12.0 Å². The summed E-state index contributed by atoms with van der Waals surface area (Å²) >= 11 is 19.7. The number of nitro benzene ring substituents is 1. The van der Waals surface area contributed by atoms with E-state index in [2.05, 4.69) is 0 Å². The summed E-state index contributed by atoms with van der Waals surface area (Å²) in [6.07, 6.45) is 0. The van der Waals surface area contributed by atoms with Crippen molar-refractivity contribution in [3.05, 3.63) is 115 Å². The van der Waals surface area contributed by atoms with Crippen LogP contribution in [0.4, 0.5) is 21.9 Å². The number of rotatable bonds is 6. The molecule has 0 saturated heterocycles. The van der Waals surface area contributed by atoms with Crippen LogP contribution in [0.1, 0.15) is 11.1 Å². The zero-order valence-corrected chi connectivity index (χ0v) is 22.3. The number of hydrogen-bond donors (Lipinski definition) is 0. The first-order valence-corrected chi connectivity index (χ1v) is 12.6. The van der Waals surface area contributed by atoms with E-state index in [9.17, 15) is 14.9 Å². The van der Waals surface area contributed by atoms with Crippen LogP contribution in [0.3, 0.4) is 0 Å². The number of fused-ring (bicyclic) bond motifs is 1. The van der Waals surface area contributed by atoms with Gasteiger partial charge < -0.3 is 9.64 Å². The number of carbonyl (C=O) groups excluding carboxylic acids is 1. The molecule has 0 fully saturated rings. The molecule has 0 aromatic heterocycles. The lowest BCUT2D eigenvalue weighted by Gasteiger charge is -2.38. The lowest BCUT2D eigenvalue weighted by molar-refractivity contribution is -0.384. The Morgan fingerprint density at radius 3 is 2.18 bits per heavy atom. The lowest BCUT2D eigenvalue weighted by Crippen LogP contribution is -2.44. The Morgan fingerprint density at radius 1 is 0.895 bits per heavy atom. The number of methoxy groups -OCH3 is 1. The summed E-state index contributed by atoms with van der Waals surface area (Å²) in [7, 11) is 1.58. The van der Waals surface area contributed by atoms with E-state index >= 15 is 0 Å². The summed E-state index contributed by atoms with van der Waals surface area (Å²) in [6, 6.07) is 21.8. The molecule has 5 rings (SSSR count). The van der Waals surface area contributed by atoms with Gasteiger partial charge >= 0.3 is 6.03 Å².